The van der Waals surface area contributed by atoms with E-state index in [4.69, 9.17) is 0 Å². The van der Waals surface area contributed by atoms with Crippen LogP contribution in [0.4, 0.5) is 10.8 Å². The first-order valence-corrected chi connectivity index (χ1v) is 7.30. The van der Waals surface area contributed by atoms with Gasteiger partial charge >= 0.3 is 0 Å². The predicted octanol–water partition coefficient (Wildman–Crippen LogP) is 3.60. The second kappa shape index (κ2) is 5.71. The molecule has 0 radical (unpaired) electrons. The summed E-state index contributed by atoms with van der Waals surface area (Å²) >= 11 is 5.19. The van der Waals surface area contributed by atoms with Crippen LogP contribution in [0.5, 0.6) is 0 Å². The van der Waals surface area contributed by atoms with Crippen LogP contribution in [0.3, 0.4) is 0 Å². The van der Waals surface area contributed by atoms with E-state index in [2.05, 4.69) is 55.4 Å². The Bertz CT molecular complexity index is 520. The quantitative estimate of drug-likeness (QED) is 0.930. The van der Waals surface area contributed by atoms with E-state index in [0.717, 1.165) is 16.2 Å². The van der Waals surface area contributed by atoms with E-state index >= 15 is 0 Å². The highest BCUT2D eigenvalue weighted by Gasteiger charge is 2.08. The van der Waals surface area contributed by atoms with E-state index in [1.54, 1.807) is 11.3 Å². The smallest absolute Gasteiger partial charge is 0.183 e. The maximum absolute atomic E-state index is 4.39. The highest BCUT2D eigenvalue weighted by Crippen LogP contribution is 2.29. The molecule has 18 heavy (non-hydrogen) atoms. The van der Waals surface area contributed by atoms with Gasteiger partial charge in [0.1, 0.15) is 4.60 Å². The first-order chi connectivity index (χ1) is 8.60. The minimum Gasteiger partial charge on any atom is -0.378 e. The number of hydrogen-bond acceptors (Lipinski definition) is 4. The van der Waals surface area contributed by atoms with Crippen molar-refractivity contribution >= 4 is 38.1 Å². The Morgan fingerprint density at radius 2 is 1.94 bits per heavy atom. The highest BCUT2D eigenvalue weighted by molar-refractivity contribution is 9.10. The van der Waals surface area contributed by atoms with Crippen LogP contribution >= 0.6 is 27.3 Å². The summed E-state index contributed by atoms with van der Waals surface area (Å²) in [5.41, 5.74) is 2.52. The van der Waals surface area contributed by atoms with E-state index in [0.29, 0.717) is 0 Å². The van der Waals surface area contributed by atoms with E-state index < -0.39 is 0 Å². The van der Waals surface area contributed by atoms with Crippen molar-refractivity contribution in [1.29, 1.82) is 0 Å². The van der Waals surface area contributed by atoms with Crippen molar-refractivity contribution in [2.24, 2.45) is 0 Å². The molecule has 1 N–H and O–H groups in total. The minimum absolute atomic E-state index is 0.910. The van der Waals surface area contributed by atoms with Gasteiger partial charge in [-0.2, -0.15) is 0 Å². The van der Waals surface area contributed by atoms with Crippen molar-refractivity contribution in [1.82, 2.24) is 4.98 Å². The summed E-state index contributed by atoms with van der Waals surface area (Å²) in [5.74, 6) is 0. The van der Waals surface area contributed by atoms with Gasteiger partial charge in [-0.1, -0.05) is 12.1 Å². The predicted molar refractivity (Wildman–Crippen MR) is 82.9 cm³/mol. The first kappa shape index (κ1) is 13.4. The third kappa shape index (κ3) is 3.03. The highest BCUT2D eigenvalue weighted by atomic mass is 79.9. The van der Waals surface area contributed by atoms with Crippen LogP contribution in [0.25, 0.3) is 0 Å². The molecule has 0 aliphatic carbocycles. The molecule has 2 aromatic rings. The van der Waals surface area contributed by atoms with Gasteiger partial charge in [0.15, 0.2) is 5.13 Å². The van der Waals surface area contributed by atoms with Gasteiger partial charge in [0.25, 0.3) is 0 Å². The lowest BCUT2D eigenvalue weighted by Crippen LogP contribution is -2.08. The number of nitrogens with one attached hydrogen (secondary N) is 1. The minimum atomic E-state index is 0.910. The second-order valence-electron chi connectivity index (χ2n) is 4.22. The summed E-state index contributed by atoms with van der Waals surface area (Å²) in [4.78, 5) is 7.74. The maximum atomic E-state index is 4.39. The van der Waals surface area contributed by atoms with E-state index in [9.17, 15) is 0 Å². The Hall–Kier alpha value is -1.07. The molecule has 0 unspecified atom stereocenters. The van der Waals surface area contributed by atoms with Crippen LogP contribution in [-0.2, 0) is 6.42 Å². The zero-order chi connectivity index (χ0) is 13.1. The topological polar surface area (TPSA) is 28.2 Å². The molecule has 1 aromatic carbocycles. The van der Waals surface area contributed by atoms with Crippen molar-refractivity contribution in [3.8, 4) is 0 Å². The molecule has 0 aliphatic rings. The van der Waals surface area contributed by atoms with E-state index in [-0.39, 0.29) is 0 Å². The van der Waals surface area contributed by atoms with Crippen LogP contribution in [0.1, 0.15) is 10.4 Å². The summed E-state index contributed by atoms with van der Waals surface area (Å²) in [6.07, 6.45) is 0.910. The Balaban J connectivity index is 2.15. The van der Waals surface area contributed by atoms with Crippen molar-refractivity contribution in [2.45, 2.75) is 6.42 Å². The number of rotatable bonds is 4. The van der Waals surface area contributed by atoms with Crippen LogP contribution < -0.4 is 10.2 Å². The molecule has 0 aliphatic heterocycles. The number of aromatic nitrogens is 1. The third-order valence-electron chi connectivity index (χ3n) is 2.68. The Morgan fingerprint density at radius 3 is 2.44 bits per heavy atom. The van der Waals surface area contributed by atoms with Crippen molar-refractivity contribution in [2.75, 3.05) is 31.4 Å². The summed E-state index contributed by atoms with van der Waals surface area (Å²) in [6, 6.07) is 8.62. The summed E-state index contributed by atoms with van der Waals surface area (Å²) in [5, 5.41) is 4.01. The summed E-state index contributed by atoms with van der Waals surface area (Å²) in [7, 11) is 5.99. The van der Waals surface area contributed by atoms with Gasteiger partial charge in [-0.15, -0.1) is 11.3 Å². The molecule has 1 heterocycles. The molecule has 5 heteroatoms. The molecule has 0 spiro atoms. The normalized spacial score (nSPS) is 10.4. The molecular formula is C13H16BrN3S. The van der Waals surface area contributed by atoms with Crippen molar-refractivity contribution in [3.05, 3.63) is 39.3 Å². The number of benzene rings is 1. The van der Waals surface area contributed by atoms with Crippen LogP contribution in [-0.4, -0.2) is 26.1 Å². The molecule has 0 amide bonds. The lowest BCUT2D eigenvalue weighted by molar-refractivity contribution is 1.12. The average molecular weight is 326 g/mol. The molecule has 0 saturated carbocycles. The van der Waals surface area contributed by atoms with E-state index in [1.807, 2.05) is 21.1 Å². The number of hydrogen-bond donors (Lipinski definition) is 1. The summed E-state index contributed by atoms with van der Waals surface area (Å²) < 4.78 is 0.938. The molecule has 0 atom stereocenters. The fraction of sp³-hybridized carbons (Fsp3) is 0.308. The molecule has 0 bridgehead atoms. The van der Waals surface area contributed by atoms with Gasteiger partial charge in [-0.25, -0.2) is 4.98 Å². The number of nitrogens with zero attached hydrogens (tertiary/aromatic N) is 2. The van der Waals surface area contributed by atoms with Crippen molar-refractivity contribution < 1.29 is 0 Å². The molecule has 0 saturated heterocycles. The summed E-state index contributed by atoms with van der Waals surface area (Å²) in [6.45, 7) is 0. The monoisotopic (exact) mass is 325 g/mol. The molecule has 1 aromatic heterocycles. The third-order valence-corrected chi connectivity index (χ3v) is 4.67. The number of thiazole rings is 1. The lowest BCUT2D eigenvalue weighted by Gasteiger charge is -2.12. The maximum Gasteiger partial charge on any atom is 0.183 e. The Morgan fingerprint density at radius 1 is 1.28 bits per heavy atom. The van der Waals surface area contributed by atoms with Gasteiger partial charge in [-0.05, 0) is 33.6 Å². The van der Waals surface area contributed by atoms with Gasteiger partial charge in [0.05, 0.1) is 0 Å². The Labute approximate surface area is 120 Å². The van der Waals surface area contributed by atoms with Gasteiger partial charge < -0.3 is 10.2 Å². The van der Waals surface area contributed by atoms with Gasteiger partial charge in [0.2, 0.25) is 0 Å². The fourth-order valence-corrected chi connectivity index (χ4v) is 3.17. The van der Waals surface area contributed by atoms with Crippen LogP contribution in [0.2, 0.25) is 0 Å². The zero-order valence-corrected chi connectivity index (χ0v) is 13.1. The molecule has 3 nitrogen and oxygen atoms in total. The number of halogens is 1. The largest absolute Gasteiger partial charge is 0.378 e. The standard InChI is InChI=1S/C13H16BrN3S/c1-15-13-16-12(14)11(18-13)8-9-4-6-10(7-5-9)17(2)3/h4-7H,8H2,1-3H3,(H,15,16). The molecule has 2 rings (SSSR count). The van der Waals surface area contributed by atoms with E-state index in [1.165, 1.54) is 16.1 Å². The number of anilines is 2. The molecule has 0 fully saturated rings. The van der Waals surface area contributed by atoms with Gasteiger partial charge in [0, 0.05) is 38.1 Å². The first-order valence-electron chi connectivity index (χ1n) is 5.69. The zero-order valence-electron chi connectivity index (χ0n) is 10.7. The average Bonchev–Trinajstić information content (AvgIpc) is 2.71. The van der Waals surface area contributed by atoms with Crippen LogP contribution in [0, 0.1) is 0 Å². The SMILES string of the molecule is CNc1nc(Br)c(Cc2ccc(N(C)C)cc2)s1. The lowest BCUT2D eigenvalue weighted by atomic mass is 10.1. The molecular weight excluding hydrogens is 310 g/mol. The van der Waals surface area contributed by atoms with Crippen LogP contribution in [0.15, 0.2) is 28.9 Å². The molecule has 96 valence electrons. The Kier molecular flexibility index (Phi) is 4.24. The van der Waals surface area contributed by atoms with Crippen molar-refractivity contribution in [3.63, 3.8) is 0 Å². The van der Waals surface area contributed by atoms with Gasteiger partial charge in [-0.3, -0.25) is 0 Å². The fourth-order valence-electron chi connectivity index (χ4n) is 1.65. The second-order valence-corrected chi connectivity index (χ2v) is 6.06.